The minimum atomic E-state index is -0.172. The summed E-state index contributed by atoms with van der Waals surface area (Å²) in [6.45, 7) is 0. The number of carbonyl (C=O) groups is 1. The van der Waals surface area contributed by atoms with E-state index in [1.165, 1.54) is 16.7 Å². The van der Waals surface area contributed by atoms with Gasteiger partial charge in [0.2, 0.25) is 0 Å². The smallest absolute Gasteiger partial charge is 0.268 e. The minimum Gasteiger partial charge on any atom is -0.268 e. The molecule has 1 saturated heterocycles. The largest absolute Gasteiger partial charge is 0.270 e. The Labute approximate surface area is 161 Å². The Morgan fingerprint density at radius 3 is 2.57 bits per heavy atom. The van der Waals surface area contributed by atoms with Gasteiger partial charge in [0.25, 0.3) is 5.91 Å². The third kappa shape index (κ3) is 3.49. The summed E-state index contributed by atoms with van der Waals surface area (Å²) in [7, 11) is 0. The summed E-state index contributed by atoms with van der Waals surface area (Å²) in [4.78, 5) is 14.7. The number of nitrogens with zero attached hydrogens (tertiary/aromatic N) is 1. The molecule has 23 heavy (non-hydrogen) atoms. The molecule has 0 N–H and O–H groups in total. The standard InChI is InChI=1S/C16H8BrCl2NOS2/c17-11-4-2-1-3-9(11)7-14-15(21)20(16(22)23-14)10-5-6-12(18)13(19)8-10/h1-8H/b14-7-. The average molecular weight is 445 g/mol. The summed E-state index contributed by atoms with van der Waals surface area (Å²) in [5.41, 5.74) is 1.53. The highest BCUT2D eigenvalue weighted by molar-refractivity contribution is 9.10. The summed E-state index contributed by atoms with van der Waals surface area (Å²) < 4.78 is 1.38. The second-order valence-electron chi connectivity index (χ2n) is 4.64. The quantitative estimate of drug-likeness (QED) is 0.408. The first-order valence-electron chi connectivity index (χ1n) is 6.45. The Hall–Kier alpha value is -0.850. The van der Waals surface area contributed by atoms with E-state index in [4.69, 9.17) is 35.4 Å². The Morgan fingerprint density at radius 1 is 1.13 bits per heavy atom. The van der Waals surface area contributed by atoms with E-state index in [-0.39, 0.29) is 5.91 Å². The highest BCUT2D eigenvalue weighted by Crippen LogP contribution is 2.38. The van der Waals surface area contributed by atoms with Gasteiger partial charge in [0, 0.05) is 4.47 Å². The van der Waals surface area contributed by atoms with E-state index in [1.807, 2.05) is 30.3 Å². The van der Waals surface area contributed by atoms with Crippen LogP contribution in [0.1, 0.15) is 5.56 Å². The number of amides is 1. The molecule has 1 amide bonds. The lowest BCUT2D eigenvalue weighted by atomic mass is 10.2. The fourth-order valence-electron chi connectivity index (χ4n) is 2.05. The van der Waals surface area contributed by atoms with Crippen molar-refractivity contribution in [2.75, 3.05) is 4.90 Å². The van der Waals surface area contributed by atoms with Gasteiger partial charge in [-0.05, 0) is 35.9 Å². The molecule has 116 valence electrons. The molecule has 0 atom stereocenters. The summed E-state index contributed by atoms with van der Waals surface area (Å²) in [6.07, 6.45) is 1.82. The normalized spacial score (nSPS) is 16.5. The maximum Gasteiger partial charge on any atom is 0.270 e. The van der Waals surface area contributed by atoms with Crippen LogP contribution >= 0.6 is 63.1 Å². The van der Waals surface area contributed by atoms with Crippen LogP contribution in [0.15, 0.2) is 51.8 Å². The van der Waals surface area contributed by atoms with Gasteiger partial charge >= 0.3 is 0 Å². The van der Waals surface area contributed by atoms with Gasteiger partial charge in [-0.2, -0.15) is 0 Å². The molecule has 1 aliphatic heterocycles. The van der Waals surface area contributed by atoms with Crippen molar-refractivity contribution in [1.82, 2.24) is 0 Å². The molecule has 2 aromatic carbocycles. The van der Waals surface area contributed by atoms with Crippen LogP contribution in [-0.4, -0.2) is 10.2 Å². The van der Waals surface area contributed by atoms with E-state index in [0.717, 1.165) is 10.0 Å². The Balaban J connectivity index is 1.97. The maximum absolute atomic E-state index is 12.7. The number of rotatable bonds is 2. The third-order valence-corrected chi connectivity index (χ3v) is 5.91. The highest BCUT2D eigenvalue weighted by atomic mass is 79.9. The van der Waals surface area contributed by atoms with Crippen LogP contribution in [0, 0.1) is 0 Å². The number of anilines is 1. The van der Waals surface area contributed by atoms with Gasteiger partial charge in [-0.15, -0.1) is 0 Å². The number of benzene rings is 2. The minimum absolute atomic E-state index is 0.172. The molecule has 2 nitrogen and oxygen atoms in total. The van der Waals surface area contributed by atoms with Crippen LogP contribution in [0.3, 0.4) is 0 Å². The van der Waals surface area contributed by atoms with E-state index in [2.05, 4.69) is 15.9 Å². The molecule has 0 radical (unpaired) electrons. The van der Waals surface area contributed by atoms with E-state index >= 15 is 0 Å². The van der Waals surface area contributed by atoms with E-state index in [9.17, 15) is 4.79 Å². The number of hydrogen-bond donors (Lipinski definition) is 0. The molecule has 0 unspecified atom stereocenters. The van der Waals surface area contributed by atoms with Gasteiger partial charge in [0.1, 0.15) is 0 Å². The van der Waals surface area contributed by atoms with Crippen molar-refractivity contribution in [3.63, 3.8) is 0 Å². The van der Waals surface area contributed by atoms with Crippen molar-refractivity contribution >= 4 is 85.1 Å². The fourth-order valence-corrected chi connectivity index (χ4v) is 4.03. The lowest BCUT2D eigenvalue weighted by Gasteiger charge is -2.15. The van der Waals surface area contributed by atoms with E-state index in [0.29, 0.717) is 25.0 Å². The summed E-state index contributed by atoms with van der Waals surface area (Å²) >= 11 is 22.0. The second kappa shape index (κ2) is 6.95. The lowest BCUT2D eigenvalue weighted by Crippen LogP contribution is -2.27. The van der Waals surface area contributed by atoms with Gasteiger partial charge in [-0.3, -0.25) is 9.69 Å². The van der Waals surface area contributed by atoms with Crippen LogP contribution in [0.4, 0.5) is 5.69 Å². The molecule has 0 spiro atoms. The van der Waals surface area contributed by atoms with Crippen LogP contribution in [0.25, 0.3) is 6.08 Å². The van der Waals surface area contributed by atoms with Gasteiger partial charge in [0.05, 0.1) is 20.6 Å². The lowest BCUT2D eigenvalue weighted by molar-refractivity contribution is -0.113. The zero-order valence-corrected chi connectivity index (χ0v) is 16.2. The summed E-state index contributed by atoms with van der Waals surface area (Å²) in [5, 5.41) is 0.817. The predicted octanol–water partition coefficient (Wildman–Crippen LogP) is 6.16. The number of carbonyl (C=O) groups excluding carboxylic acids is 1. The van der Waals surface area contributed by atoms with Gasteiger partial charge in [0.15, 0.2) is 4.32 Å². The fraction of sp³-hybridized carbons (Fsp3) is 0. The summed E-state index contributed by atoms with van der Waals surface area (Å²) in [6, 6.07) is 12.7. The van der Waals surface area contributed by atoms with Gasteiger partial charge < -0.3 is 0 Å². The van der Waals surface area contributed by atoms with Gasteiger partial charge in [-0.1, -0.05) is 81.3 Å². The predicted molar refractivity (Wildman–Crippen MR) is 106 cm³/mol. The second-order valence-corrected chi connectivity index (χ2v) is 7.98. The number of thiocarbonyl (C=S) groups is 1. The Kier molecular flexibility index (Phi) is 5.13. The Morgan fingerprint density at radius 2 is 1.87 bits per heavy atom. The average Bonchev–Trinajstić information content (AvgIpc) is 2.79. The Bertz CT molecular complexity index is 854. The SMILES string of the molecule is O=C1/C(=C/c2ccccc2Br)SC(=S)N1c1ccc(Cl)c(Cl)c1. The van der Waals surface area contributed by atoms with Gasteiger partial charge in [-0.25, -0.2) is 0 Å². The molecule has 1 fully saturated rings. The summed E-state index contributed by atoms with van der Waals surface area (Å²) in [5.74, 6) is -0.172. The molecule has 0 aliphatic carbocycles. The first-order valence-corrected chi connectivity index (χ1v) is 9.22. The zero-order chi connectivity index (χ0) is 16.6. The molecular weight excluding hydrogens is 437 g/mol. The van der Waals surface area contributed by atoms with Crippen LogP contribution in [-0.2, 0) is 4.79 Å². The monoisotopic (exact) mass is 443 g/mol. The molecule has 7 heteroatoms. The first kappa shape index (κ1) is 17.0. The topological polar surface area (TPSA) is 20.3 Å². The molecule has 0 bridgehead atoms. The molecular formula is C16H8BrCl2NOS2. The molecule has 3 rings (SSSR count). The van der Waals surface area contributed by atoms with Crippen molar-refractivity contribution in [3.8, 4) is 0 Å². The van der Waals surface area contributed by atoms with Crippen molar-refractivity contribution in [3.05, 3.63) is 67.5 Å². The van der Waals surface area contributed by atoms with Crippen LogP contribution < -0.4 is 4.90 Å². The van der Waals surface area contributed by atoms with E-state index < -0.39 is 0 Å². The third-order valence-electron chi connectivity index (χ3n) is 3.15. The zero-order valence-electron chi connectivity index (χ0n) is 11.4. The van der Waals surface area contributed by atoms with Crippen LogP contribution in [0.2, 0.25) is 10.0 Å². The molecule has 0 aromatic heterocycles. The number of hydrogen-bond acceptors (Lipinski definition) is 3. The molecule has 2 aromatic rings. The highest BCUT2D eigenvalue weighted by Gasteiger charge is 2.33. The van der Waals surface area contributed by atoms with Crippen molar-refractivity contribution in [2.24, 2.45) is 0 Å². The van der Waals surface area contributed by atoms with Crippen molar-refractivity contribution in [2.45, 2.75) is 0 Å². The number of halogens is 3. The molecule has 0 saturated carbocycles. The van der Waals surface area contributed by atoms with Crippen LogP contribution in [0.5, 0.6) is 0 Å². The first-order chi connectivity index (χ1) is 11.0. The number of thioether (sulfide) groups is 1. The molecule has 1 aliphatic rings. The van der Waals surface area contributed by atoms with E-state index in [1.54, 1.807) is 18.2 Å². The van der Waals surface area contributed by atoms with Crippen molar-refractivity contribution in [1.29, 1.82) is 0 Å². The van der Waals surface area contributed by atoms with Crippen molar-refractivity contribution < 1.29 is 4.79 Å². The maximum atomic E-state index is 12.7. The molecule has 1 heterocycles.